The molecule has 1 aliphatic heterocycles. The van der Waals surface area contributed by atoms with Gasteiger partial charge in [-0.2, -0.15) is 12.6 Å². The number of rotatable bonds is 2. The second kappa shape index (κ2) is 5.10. The van der Waals surface area contributed by atoms with Gasteiger partial charge in [0, 0.05) is 25.2 Å². The molecule has 0 saturated carbocycles. The van der Waals surface area contributed by atoms with E-state index in [9.17, 15) is 4.79 Å². The van der Waals surface area contributed by atoms with Crippen LogP contribution in [0.4, 0.5) is 5.82 Å². The van der Waals surface area contributed by atoms with E-state index >= 15 is 0 Å². The second-order valence-electron chi connectivity index (χ2n) is 3.71. The van der Waals surface area contributed by atoms with Crippen LogP contribution in [0.1, 0.15) is 6.42 Å². The molecule has 6 heteroatoms. The number of carbonyl (C=O) groups is 1. The predicted octanol–water partition coefficient (Wildman–Crippen LogP) is 2.62. The highest BCUT2D eigenvalue weighted by molar-refractivity contribution is 14.1. The van der Waals surface area contributed by atoms with Crippen molar-refractivity contribution in [3.63, 3.8) is 0 Å². The topological polar surface area (TPSA) is 33.2 Å². The van der Waals surface area contributed by atoms with Gasteiger partial charge in [0.25, 0.3) is 0 Å². The normalized spacial score (nSPS) is 20.6. The molecule has 1 aromatic rings. The van der Waals surface area contributed by atoms with Crippen molar-refractivity contribution in [2.75, 3.05) is 17.2 Å². The Bertz CT molecular complexity index is 429. The lowest BCUT2D eigenvalue weighted by Crippen LogP contribution is -2.25. The molecular weight excluding hydrogens is 359 g/mol. The Morgan fingerprint density at radius 3 is 3.00 bits per heavy atom. The Kier molecular flexibility index (Phi) is 3.97. The lowest BCUT2D eigenvalue weighted by atomic mass is 10.1. The molecule has 1 unspecified atom stereocenters. The summed E-state index contributed by atoms with van der Waals surface area (Å²) in [7, 11) is 0. The largest absolute Gasteiger partial charge is 0.296 e. The van der Waals surface area contributed by atoms with Gasteiger partial charge in [0.15, 0.2) is 0 Å². The molecule has 0 aromatic carbocycles. The van der Waals surface area contributed by atoms with Crippen LogP contribution in [0.3, 0.4) is 0 Å². The van der Waals surface area contributed by atoms with Crippen LogP contribution in [-0.2, 0) is 4.79 Å². The summed E-state index contributed by atoms with van der Waals surface area (Å²) in [6.45, 7) is 0.687. The van der Waals surface area contributed by atoms with Crippen molar-refractivity contribution >= 4 is 58.5 Å². The third-order valence-corrected chi connectivity index (χ3v) is 4.54. The van der Waals surface area contributed by atoms with Gasteiger partial charge in [-0.25, -0.2) is 4.98 Å². The molecule has 0 N–H and O–H groups in total. The van der Waals surface area contributed by atoms with Gasteiger partial charge in [0.2, 0.25) is 5.91 Å². The monoisotopic (exact) mass is 368 g/mol. The minimum Gasteiger partial charge on any atom is -0.296 e. The van der Waals surface area contributed by atoms with Gasteiger partial charge in [-0.05, 0) is 34.3 Å². The van der Waals surface area contributed by atoms with Crippen LogP contribution in [0.5, 0.6) is 0 Å². The van der Waals surface area contributed by atoms with Gasteiger partial charge >= 0.3 is 0 Å². The Labute approximate surface area is 118 Å². The third kappa shape index (κ3) is 2.46. The maximum absolute atomic E-state index is 11.7. The smallest absolute Gasteiger partial charge is 0.228 e. The van der Waals surface area contributed by atoms with Crippen molar-refractivity contribution in [2.24, 2.45) is 5.92 Å². The molecule has 0 bridgehead atoms. The molecular formula is C10H10ClIN2OS. The highest BCUT2D eigenvalue weighted by Gasteiger charge is 2.30. The molecule has 1 fully saturated rings. The lowest BCUT2D eigenvalue weighted by molar-refractivity contribution is -0.117. The van der Waals surface area contributed by atoms with E-state index in [0.29, 0.717) is 29.7 Å². The Hall–Kier alpha value is -0.0100. The zero-order chi connectivity index (χ0) is 11.7. The van der Waals surface area contributed by atoms with Gasteiger partial charge in [0.05, 0.1) is 8.59 Å². The Morgan fingerprint density at radius 2 is 2.44 bits per heavy atom. The second-order valence-corrected chi connectivity index (χ2v) is 5.65. The van der Waals surface area contributed by atoms with Crippen LogP contribution < -0.4 is 4.90 Å². The van der Waals surface area contributed by atoms with Crippen LogP contribution in [0, 0.1) is 9.49 Å². The third-order valence-electron chi connectivity index (χ3n) is 2.53. The fraction of sp³-hybridized carbons (Fsp3) is 0.400. The van der Waals surface area contributed by atoms with E-state index in [2.05, 4.69) is 40.2 Å². The van der Waals surface area contributed by atoms with Crippen molar-refractivity contribution in [1.29, 1.82) is 0 Å². The number of thiol groups is 1. The van der Waals surface area contributed by atoms with E-state index in [1.807, 2.05) is 0 Å². The summed E-state index contributed by atoms with van der Waals surface area (Å²) < 4.78 is 0.889. The molecule has 1 atom stereocenters. The highest BCUT2D eigenvalue weighted by Crippen LogP contribution is 2.27. The molecule has 1 aliphatic rings. The van der Waals surface area contributed by atoms with E-state index in [4.69, 9.17) is 11.6 Å². The molecule has 16 heavy (non-hydrogen) atoms. The van der Waals surface area contributed by atoms with Crippen molar-refractivity contribution < 1.29 is 4.79 Å². The standard InChI is InChI=1S/C10H10ClIN2OS/c11-7-2-9(13-3-8(7)12)14-4-6(5-16)1-10(14)15/h2-3,6,16H,1,4-5H2. The highest BCUT2D eigenvalue weighted by atomic mass is 127. The summed E-state index contributed by atoms with van der Waals surface area (Å²) in [5.41, 5.74) is 0. The number of anilines is 1. The van der Waals surface area contributed by atoms with Crippen LogP contribution in [0.2, 0.25) is 5.02 Å². The van der Waals surface area contributed by atoms with Crippen molar-refractivity contribution in [3.05, 3.63) is 20.9 Å². The van der Waals surface area contributed by atoms with Gasteiger partial charge < -0.3 is 0 Å². The average molecular weight is 369 g/mol. The maximum Gasteiger partial charge on any atom is 0.228 e. The molecule has 86 valence electrons. The number of pyridine rings is 1. The van der Waals surface area contributed by atoms with E-state index in [0.717, 1.165) is 9.32 Å². The van der Waals surface area contributed by atoms with E-state index in [1.165, 1.54) is 0 Å². The molecule has 3 nitrogen and oxygen atoms in total. The summed E-state index contributed by atoms with van der Waals surface area (Å²) in [6, 6.07) is 1.74. The maximum atomic E-state index is 11.7. The van der Waals surface area contributed by atoms with E-state index in [1.54, 1.807) is 17.2 Å². The van der Waals surface area contributed by atoms with Crippen LogP contribution >= 0.6 is 46.8 Å². The molecule has 1 saturated heterocycles. The van der Waals surface area contributed by atoms with Gasteiger partial charge in [0.1, 0.15) is 5.82 Å². The summed E-state index contributed by atoms with van der Waals surface area (Å²) in [4.78, 5) is 17.7. The lowest BCUT2D eigenvalue weighted by Gasteiger charge is -2.15. The SMILES string of the molecule is O=C1CC(CS)CN1c1cc(Cl)c(I)cn1. The zero-order valence-electron chi connectivity index (χ0n) is 8.36. The number of aromatic nitrogens is 1. The molecule has 2 heterocycles. The number of halogens is 2. The molecule has 0 spiro atoms. The van der Waals surface area contributed by atoms with Crippen LogP contribution in [-0.4, -0.2) is 23.2 Å². The molecule has 2 rings (SSSR count). The summed E-state index contributed by atoms with van der Waals surface area (Å²) in [6.07, 6.45) is 2.23. The number of hydrogen-bond donors (Lipinski definition) is 1. The first kappa shape index (κ1) is 12.4. The number of amides is 1. The van der Waals surface area contributed by atoms with Gasteiger partial charge in [-0.15, -0.1) is 0 Å². The number of carbonyl (C=O) groups excluding carboxylic acids is 1. The Balaban J connectivity index is 2.24. The summed E-state index contributed by atoms with van der Waals surface area (Å²) in [5, 5.41) is 0.632. The van der Waals surface area contributed by atoms with Crippen molar-refractivity contribution in [1.82, 2.24) is 4.98 Å². The number of hydrogen-bond acceptors (Lipinski definition) is 3. The zero-order valence-corrected chi connectivity index (χ0v) is 12.2. The first-order valence-electron chi connectivity index (χ1n) is 4.84. The minimum atomic E-state index is 0.101. The summed E-state index contributed by atoms with van der Waals surface area (Å²) in [5.74, 6) is 1.78. The van der Waals surface area contributed by atoms with Crippen molar-refractivity contribution in [3.8, 4) is 0 Å². The van der Waals surface area contributed by atoms with Crippen LogP contribution in [0.25, 0.3) is 0 Å². The van der Waals surface area contributed by atoms with Gasteiger partial charge in [-0.1, -0.05) is 11.6 Å². The predicted molar refractivity (Wildman–Crippen MR) is 76.3 cm³/mol. The average Bonchev–Trinajstić information content (AvgIpc) is 2.64. The van der Waals surface area contributed by atoms with Crippen LogP contribution in [0.15, 0.2) is 12.3 Å². The molecule has 0 radical (unpaired) electrons. The quantitative estimate of drug-likeness (QED) is 0.643. The van der Waals surface area contributed by atoms with E-state index < -0.39 is 0 Å². The Morgan fingerprint density at radius 1 is 1.69 bits per heavy atom. The van der Waals surface area contributed by atoms with Gasteiger partial charge in [-0.3, -0.25) is 9.69 Å². The molecule has 1 amide bonds. The fourth-order valence-electron chi connectivity index (χ4n) is 1.68. The van der Waals surface area contributed by atoms with Crippen molar-refractivity contribution in [2.45, 2.75) is 6.42 Å². The first-order valence-corrected chi connectivity index (χ1v) is 6.93. The molecule has 1 aromatic heterocycles. The van der Waals surface area contributed by atoms with E-state index in [-0.39, 0.29) is 5.91 Å². The molecule has 0 aliphatic carbocycles. The first-order chi connectivity index (χ1) is 7.61. The minimum absolute atomic E-state index is 0.101. The summed E-state index contributed by atoms with van der Waals surface area (Å²) >= 11 is 12.3. The number of nitrogens with zero attached hydrogens (tertiary/aromatic N) is 2. The fourth-order valence-corrected chi connectivity index (χ4v) is 2.36.